The van der Waals surface area contributed by atoms with Crippen LogP contribution in [0.15, 0.2) is 24.3 Å². The van der Waals surface area contributed by atoms with Gasteiger partial charge in [-0.05, 0) is 31.5 Å². The van der Waals surface area contributed by atoms with Gasteiger partial charge in [-0.3, -0.25) is 4.79 Å². The summed E-state index contributed by atoms with van der Waals surface area (Å²) in [6.45, 7) is 1.87. The van der Waals surface area contributed by atoms with Gasteiger partial charge in [-0.15, -0.1) is 0 Å². The van der Waals surface area contributed by atoms with E-state index in [9.17, 15) is 4.79 Å². The number of benzene rings is 1. The van der Waals surface area contributed by atoms with Gasteiger partial charge in [-0.2, -0.15) is 0 Å². The van der Waals surface area contributed by atoms with E-state index in [2.05, 4.69) is 10.6 Å². The van der Waals surface area contributed by atoms with Crippen LogP contribution in [0.2, 0.25) is 0 Å². The van der Waals surface area contributed by atoms with Crippen LogP contribution in [-0.2, 0) is 4.79 Å². The lowest BCUT2D eigenvalue weighted by Crippen LogP contribution is -2.48. The molecule has 1 amide bonds. The van der Waals surface area contributed by atoms with E-state index >= 15 is 0 Å². The molecule has 114 valence electrons. The van der Waals surface area contributed by atoms with Gasteiger partial charge in [0.1, 0.15) is 12.7 Å². The maximum Gasteiger partial charge on any atom is 0.237 e. The van der Waals surface area contributed by atoms with Crippen molar-refractivity contribution in [2.45, 2.75) is 37.8 Å². The Morgan fingerprint density at radius 3 is 3.00 bits per heavy atom. The first-order valence-electron chi connectivity index (χ1n) is 7.72. The summed E-state index contributed by atoms with van der Waals surface area (Å²) in [5.41, 5.74) is 0. The monoisotopic (exact) mass is 290 g/mol. The SMILES string of the molecule is O=C(NCC1COc2ccccc2O1)C1CCCCCN1. The summed E-state index contributed by atoms with van der Waals surface area (Å²) >= 11 is 0. The molecule has 0 bridgehead atoms. The summed E-state index contributed by atoms with van der Waals surface area (Å²) in [5, 5.41) is 6.27. The van der Waals surface area contributed by atoms with E-state index in [0.29, 0.717) is 13.2 Å². The van der Waals surface area contributed by atoms with Crippen LogP contribution in [0.4, 0.5) is 0 Å². The smallest absolute Gasteiger partial charge is 0.237 e. The van der Waals surface area contributed by atoms with E-state index in [0.717, 1.165) is 37.3 Å². The normalized spacial score (nSPS) is 25.0. The van der Waals surface area contributed by atoms with E-state index in [4.69, 9.17) is 9.47 Å². The van der Waals surface area contributed by atoms with Crippen LogP contribution < -0.4 is 20.1 Å². The van der Waals surface area contributed by atoms with Crippen molar-refractivity contribution in [1.29, 1.82) is 0 Å². The van der Waals surface area contributed by atoms with Crippen LogP contribution in [-0.4, -0.2) is 37.7 Å². The molecule has 0 saturated carbocycles. The maximum atomic E-state index is 12.2. The van der Waals surface area contributed by atoms with Crippen LogP contribution in [0.25, 0.3) is 0 Å². The third-order valence-corrected chi connectivity index (χ3v) is 3.95. The van der Waals surface area contributed by atoms with Crippen molar-refractivity contribution >= 4 is 5.91 Å². The van der Waals surface area contributed by atoms with Gasteiger partial charge in [0.25, 0.3) is 0 Å². The Kier molecular flexibility index (Phi) is 4.60. The number of ether oxygens (including phenoxy) is 2. The summed E-state index contributed by atoms with van der Waals surface area (Å²) in [6, 6.07) is 7.54. The summed E-state index contributed by atoms with van der Waals surface area (Å²) in [4.78, 5) is 12.2. The molecule has 2 unspecified atom stereocenters. The Hall–Kier alpha value is -1.75. The minimum atomic E-state index is -0.130. The molecular weight excluding hydrogens is 268 g/mol. The molecule has 0 spiro atoms. The molecule has 1 aromatic rings. The van der Waals surface area contributed by atoms with Gasteiger partial charge in [0.15, 0.2) is 11.5 Å². The van der Waals surface area contributed by atoms with Crippen LogP contribution in [0, 0.1) is 0 Å². The lowest BCUT2D eigenvalue weighted by molar-refractivity contribution is -0.123. The van der Waals surface area contributed by atoms with E-state index < -0.39 is 0 Å². The molecule has 2 atom stereocenters. The number of hydrogen-bond donors (Lipinski definition) is 2. The molecule has 5 heteroatoms. The largest absolute Gasteiger partial charge is 0.486 e. The molecule has 2 heterocycles. The first kappa shape index (κ1) is 14.2. The Balaban J connectivity index is 1.48. The molecule has 2 N–H and O–H groups in total. The van der Waals surface area contributed by atoms with Crippen molar-refractivity contribution < 1.29 is 14.3 Å². The summed E-state index contributed by atoms with van der Waals surface area (Å²) in [6.07, 6.45) is 4.25. The average Bonchev–Trinajstić information content (AvgIpc) is 2.81. The lowest BCUT2D eigenvalue weighted by Gasteiger charge is -2.27. The zero-order valence-electron chi connectivity index (χ0n) is 12.1. The van der Waals surface area contributed by atoms with Gasteiger partial charge in [0.05, 0.1) is 12.6 Å². The van der Waals surface area contributed by atoms with Crippen molar-refractivity contribution in [2.75, 3.05) is 19.7 Å². The summed E-state index contributed by atoms with van der Waals surface area (Å²) < 4.78 is 11.5. The van der Waals surface area contributed by atoms with Crippen LogP contribution >= 0.6 is 0 Å². The molecule has 3 rings (SSSR count). The molecule has 2 aliphatic rings. The quantitative estimate of drug-likeness (QED) is 0.885. The van der Waals surface area contributed by atoms with Gasteiger partial charge in [-0.25, -0.2) is 0 Å². The molecule has 21 heavy (non-hydrogen) atoms. The molecule has 0 aliphatic carbocycles. The van der Waals surface area contributed by atoms with Gasteiger partial charge < -0.3 is 20.1 Å². The number of para-hydroxylation sites is 2. The van der Waals surface area contributed by atoms with Gasteiger partial charge in [0, 0.05) is 0 Å². The predicted octanol–water partition coefficient (Wildman–Crippen LogP) is 1.47. The van der Waals surface area contributed by atoms with Crippen molar-refractivity contribution in [1.82, 2.24) is 10.6 Å². The molecule has 1 aromatic carbocycles. The molecule has 1 saturated heterocycles. The first-order chi connectivity index (χ1) is 10.3. The zero-order chi connectivity index (χ0) is 14.5. The molecule has 5 nitrogen and oxygen atoms in total. The highest BCUT2D eigenvalue weighted by molar-refractivity contribution is 5.81. The Bertz CT molecular complexity index is 484. The highest BCUT2D eigenvalue weighted by Crippen LogP contribution is 2.30. The number of carbonyl (C=O) groups is 1. The van der Waals surface area contributed by atoms with Crippen molar-refractivity contribution in [3.8, 4) is 11.5 Å². The van der Waals surface area contributed by atoms with E-state index in [1.54, 1.807) is 0 Å². The molecule has 0 aromatic heterocycles. The van der Waals surface area contributed by atoms with Gasteiger partial charge in [-0.1, -0.05) is 25.0 Å². The second-order valence-corrected chi connectivity index (χ2v) is 5.60. The predicted molar refractivity (Wildman–Crippen MR) is 79.6 cm³/mol. The van der Waals surface area contributed by atoms with Crippen LogP contribution in [0.3, 0.4) is 0 Å². The van der Waals surface area contributed by atoms with Gasteiger partial charge >= 0.3 is 0 Å². The number of fused-ring (bicyclic) bond motifs is 1. The summed E-state index contributed by atoms with van der Waals surface area (Å²) in [5.74, 6) is 1.58. The topological polar surface area (TPSA) is 59.6 Å². The third-order valence-electron chi connectivity index (χ3n) is 3.95. The second kappa shape index (κ2) is 6.80. The Labute approximate surface area is 125 Å². The molecule has 0 radical (unpaired) electrons. The molecule has 1 fully saturated rings. The second-order valence-electron chi connectivity index (χ2n) is 5.60. The molecular formula is C16H22N2O3. The zero-order valence-corrected chi connectivity index (χ0v) is 12.1. The minimum Gasteiger partial charge on any atom is -0.486 e. The lowest BCUT2D eigenvalue weighted by atomic mass is 10.1. The maximum absolute atomic E-state index is 12.2. The van der Waals surface area contributed by atoms with E-state index in [1.807, 2.05) is 24.3 Å². The fraction of sp³-hybridized carbons (Fsp3) is 0.562. The minimum absolute atomic E-state index is 0.0655. The standard InChI is InChI=1S/C16H22N2O3/c19-16(13-6-2-1-5-9-17-13)18-10-12-11-20-14-7-3-4-8-15(14)21-12/h3-4,7-8,12-13,17H,1-2,5-6,9-11H2,(H,18,19). The number of carbonyl (C=O) groups excluding carboxylic acids is 1. The highest BCUT2D eigenvalue weighted by atomic mass is 16.6. The number of amides is 1. The fourth-order valence-corrected chi connectivity index (χ4v) is 2.75. The molecule has 2 aliphatic heterocycles. The number of hydrogen-bond acceptors (Lipinski definition) is 4. The van der Waals surface area contributed by atoms with Crippen LogP contribution in [0.1, 0.15) is 25.7 Å². The average molecular weight is 290 g/mol. The van der Waals surface area contributed by atoms with E-state index in [1.165, 1.54) is 6.42 Å². The van der Waals surface area contributed by atoms with E-state index in [-0.39, 0.29) is 18.1 Å². The Morgan fingerprint density at radius 1 is 1.24 bits per heavy atom. The Morgan fingerprint density at radius 2 is 2.10 bits per heavy atom. The fourth-order valence-electron chi connectivity index (χ4n) is 2.75. The summed E-state index contributed by atoms with van der Waals surface area (Å²) in [7, 11) is 0. The van der Waals surface area contributed by atoms with Crippen molar-refractivity contribution in [3.63, 3.8) is 0 Å². The van der Waals surface area contributed by atoms with Gasteiger partial charge in [0.2, 0.25) is 5.91 Å². The van der Waals surface area contributed by atoms with Crippen LogP contribution in [0.5, 0.6) is 11.5 Å². The first-order valence-corrected chi connectivity index (χ1v) is 7.72. The number of rotatable bonds is 3. The van der Waals surface area contributed by atoms with Crippen molar-refractivity contribution in [3.05, 3.63) is 24.3 Å². The third kappa shape index (κ3) is 3.67. The highest BCUT2D eigenvalue weighted by Gasteiger charge is 2.23. The van der Waals surface area contributed by atoms with Crippen molar-refractivity contribution in [2.24, 2.45) is 0 Å². The number of nitrogens with one attached hydrogen (secondary N) is 2.